The fraction of sp³-hybridized carbons (Fsp3) is 0.500. The maximum atomic E-state index is 7.48. The number of nitrogens with one attached hydrogen (secondary N) is 1. The first kappa shape index (κ1) is 14.5. The minimum absolute atomic E-state index is 0.0410. The van der Waals surface area contributed by atoms with Gasteiger partial charge in [0.05, 0.1) is 12.7 Å². The van der Waals surface area contributed by atoms with Crippen molar-refractivity contribution < 1.29 is 4.74 Å². The molecule has 0 radical (unpaired) electrons. The molecule has 4 heteroatoms. The number of nitrogens with zero attached hydrogens (tertiary/aromatic N) is 1. The van der Waals surface area contributed by atoms with Crippen LogP contribution in [0.15, 0.2) is 18.2 Å². The fourth-order valence-electron chi connectivity index (χ4n) is 1.98. The summed E-state index contributed by atoms with van der Waals surface area (Å²) in [4.78, 5) is 2.38. The molecule has 3 N–H and O–H groups in total. The van der Waals surface area contributed by atoms with Gasteiger partial charge >= 0.3 is 0 Å². The number of ether oxygens (including phenoxy) is 1. The molecule has 0 bridgehead atoms. The van der Waals surface area contributed by atoms with E-state index in [1.807, 2.05) is 18.2 Å². The molecule has 18 heavy (non-hydrogen) atoms. The highest BCUT2D eigenvalue weighted by Gasteiger charge is 2.09. The molecule has 1 aromatic carbocycles. The zero-order valence-electron chi connectivity index (χ0n) is 11.5. The lowest BCUT2D eigenvalue weighted by atomic mass is 10.1. The van der Waals surface area contributed by atoms with Gasteiger partial charge in [0, 0.05) is 6.54 Å². The number of nitrogen functional groups attached to an aromatic ring is 1. The Morgan fingerprint density at radius 3 is 2.61 bits per heavy atom. The lowest BCUT2D eigenvalue weighted by molar-refractivity contribution is 0.280. The largest absolute Gasteiger partial charge is 0.496 e. The van der Waals surface area contributed by atoms with Crippen LogP contribution < -0.4 is 10.5 Å². The van der Waals surface area contributed by atoms with Gasteiger partial charge in [-0.25, -0.2) is 0 Å². The molecule has 100 valence electrons. The van der Waals surface area contributed by atoms with Crippen molar-refractivity contribution >= 4 is 5.84 Å². The van der Waals surface area contributed by atoms with Gasteiger partial charge in [-0.1, -0.05) is 19.9 Å². The van der Waals surface area contributed by atoms with Crippen molar-refractivity contribution in [3.05, 3.63) is 29.3 Å². The van der Waals surface area contributed by atoms with Gasteiger partial charge in [0.15, 0.2) is 0 Å². The van der Waals surface area contributed by atoms with Crippen molar-refractivity contribution in [2.24, 2.45) is 5.73 Å². The zero-order chi connectivity index (χ0) is 13.5. The summed E-state index contributed by atoms with van der Waals surface area (Å²) in [6, 6.07) is 5.84. The van der Waals surface area contributed by atoms with E-state index in [9.17, 15) is 0 Å². The van der Waals surface area contributed by atoms with E-state index in [1.165, 1.54) is 5.56 Å². The highest BCUT2D eigenvalue weighted by Crippen LogP contribution is 2.20. The molecule has 0 aliphatic carbocycles. The molecule has 0 saturated heterocycles. The minimum atomic E-state index is 0.0410. The monoisotopic (exact) mass is 249 g/mol. The van der Waals surface area contributed by atoms with E-state index in [0.717, 1.165) is 26.1 Å². The van der Waals surface area contributed by atoms with Crippen molar-refractivity contribution in [2.75, 3.05) is 20.2 Å². The number of hydrogen-bond donors (Lipinski definition) is 2. The number of nitrogens with two attached hydrogens (primary N) is 1. The van der Waals surface area contributed by atoms with E-state index in [2.05, 4.69) is 18.7 Å². The molecule has 0 amide bonds. The molecule has 0 saturated carbocycles. The van der Waals surface area contributed by atoms with Gasteiger partial charge in [-0.15, -0.1) is 0 Å². The molecule has 1 rings (SSSR count). The molecule has 0 unspecified atom stereocenters. The van der Waals surface area contributed by atoms with Crippen LogP contribution in [-0.2, 0) is 6.54 Å². The average molecular weight is 249 g/mol. The van der Waals surface area contributed by atoms with Crippen molar-refractivity contribution in [1.82, 2.24) is 4.90 Å². The van der Waals surface area contributed by atoms with Crippen molar-refractivity contribution in [3.8, 4) is 5.75 Å². The average Bonchev–Trinajstić information content (AvgIpc) is 2.37. The molecule has 0 aromatic heterocycles. The topological polar surface area (TPSA) is 62.3 Å². The Labute approximate surface area is 109 Å². The van der Waals surface area contributed by atoms with Crippen LogP contribution in [0.1, 0.15) is 31.4 Å². The predicted molar refractivity (Wildman–Crippen MR) is 75.3 cm³/mol. The number of rotatable bonds is 7. The van der Waals surface area contributed by atoms with Crippen LogP contribution in [-0.4, -0.2) is 30.9 Å². The second-order valence-corrected chi connectivity index (χ2v) is 4.32. The van der Waals surface area contributed by atoms with Gasteiger partial charge in [-0.05, 0) is 37.2 Å². The first-order chi connectivity index (χ1) is 8.62. The third-order valence-corrected chi connectivity index (χ3v) is 2.95. The highest BCUT2D eigenvalue weighted by atomic mass is 16.5. The van der Waals surface area contributed by atoms with E-state index >= 15 is 0 Å². The summed E-state index contributed by atoms with van der Waals surface area (Å²) in [5.74, 6) is 0.715. The van der Waals surface area contributed by atoms with Gasteiger partial charge in [0.25, 0.3) is 0 Å². The highest BCUT2D eigenvalue weighted by molar-refractivity contribution is 5.97. The van der Waals surface area contributed by atoms with Gasteiger partial charge < -0.3 is 10.5 Å². The third-order valence-electron chi connectivity index (χ3n) is 2.95. The lowest BCUT2D eigenvalue weighted by Gasteiger charge is -2.20. The summed E-state index contributed by atoms with van der Waals surface area (Å²) >= 11 is 0. The number of benzene rings is 1. The number of methoxy groups -OCH3 is 1. The second-order valence-electron chi connectivity index (χ2n) is 4.32. The normalized spacial score (nSPS) is 10.7. The van der Waals surface area contributed by atoms with Crippen LogP contribution in [0.4, 0.5) is 0 Å². The third kappa shape index (κ3) is 3.74. The van der Waals surface area contributed by atoms with Gasteiger partial charge in [0.1, 0.15) is 11.6 Å². The molecule has 4 nitrogen and oxygen atoms in total. The number of hydrogen-bond acceptors (Lipinski definition) is 3. The van der Waals surface area contributed by atoms with Crippen LogP contribution in [0.3, 0.4) is 0 Å². The first-order valence-corrected chi connectivity index (χ1v) is 6.36. The summed E-state index contributed by atoms with van der Waals surface area (Å²) in [5.41, 5.74) is 7.35. The molecular formula is C14H23N3O. The minimum Gasteiger partial charge on any atom is -0.496 e. The number of amidine groups is 1. The van der Waals surface area contributed by atoms with Crippen LogP contribution in [0.5, 0.6) is 5.75 Å². The summed E-state index contributed by atoms with van der Waals surface area (Å²) in [7, 11) is 1.61. The Morgan fingerprint density at radius 1 is 1.39 bits per heavy atom. The summed E-state index contributed by atoms with van der Waals surface area (Å²) < 4.78 is 5.28. The quantitative estimate of drug-likeness (QED) is 0.575. The van der Waals surface area contributed by atoms with Crippen molar-refractivity contribution in [3.63, 3.8) is 0 Å². The zero-order valence-corrected chi connectivity index (χ0v) is 11.5. The molecule has 0 aliphatic rings. The molecule has 0 heterocycles. The van der Waals surface area contributed by atoms with E-state index < -0.39 is 0 Å². The summed E-state index contributed by atoms with van der Waals surface area (Å²) in [6.07, 6.45) is 1.15. The van der Waals surface area contributed by atoms with Crippen LogP contribution in [0, 0.1) is 5.41 Å². The van der Waals surface area contributed by atoms with E-state index in [0.29, 0.717) is 11.3 Å². The molecule has 0 atom stereocenters. The molecule has 0 spiro atoms. The molecule has 1 aromatic rings. The van der Waals surface area contributed by atoms with Crippen LogP contribution in [0.2, 0.25) is 0 Å². The molecule has 0 aliphatic heterocycles. The van der Waals surface area contributed by atoms with Gasteiger partial charge in [-0.2, -0.15) is 0 Å². The molecule has 0 fully saturated rings. The Balaban J connectivity index is 2.88. The lowest BCUT2D eigenvalue weighted by Crippen LogP contribution is -2.23. The van der Waals surface area contributed by atoms with Crippen molar-refractivity contribution in [1.29, 1.82) is 5.41 Å². The van der Waals surface area contributed by atoms with Crippen molar-refractivity contribution in [2.45, 2.75) is 26.8 Å². The SMILES string of the molecule is CCCN(CC)Cc1ccc(C(=N)N)c(OC)c1. The Hall–Kier alpha value is -1.55. The van der Waals surface area contributed by atoms with Crippen LogP contribution in [0.25, 0.3) is 0 Å². The van der Waals surface area contributed by atoms with Crippen LogP contribution >= 0.6 is 0 Å². The predicted octanol–water partition coefficient (Wildman–Crippen LogP) is 2.21. The van der Waals surface area contributed by atoms with Gasteiger partial charge in [0.2, 0.25) is 0 Å². The van der Waals surface area contributed by atoms with E-state index in [4.69, 9.17) is 15.9 Å². The Morgan fingerprint density at radius 2 is 2.11 bits per heavy atom. The van der Waals surface area contributed by atoms with E-state index in [-0.39, 0.29) is 5.84 Å². The second kappa shape index (κ2) is 7.01. The maximum absolute atomic E-state index is 7.48. The smallest absolute Gasteiger partial charge is 0.130 e. The Bertz CT molecular complexity index is 404. The summed E-state index contributed by atoms with van der Waals surface area (Å²) in [6.45, 7) is 7.37. The summed E-state index contributed by atoms with van der Waals surface area (Å²) in [5, 5.41) is 7.48. The van der Waals surface area contributed by atoms with Gasteiger partial charge in [-0.3, -0.25) is 10.3 Å². The maximum Gasteiger partial charge on any atom is 0.130 e. The Kier molecular flexibility index (Phi) is 5.65. The standard InChI is InChI=1S/C14H23N3O/c1-4-8-17(5-2)10-11-6-7-12(14(15)16)13(9-11)18-3/h6-7,9H,4-5,8,10H2,1-3H3,(H3,15,16). The van der Waals surface area contributed by atoms with E-state index in [1.54, 1.807) is 7.11 Å². The fourth-order valence-corrected chi connectivity index (χ4v) is 1.98. The molecular weight excluding hydrogens is 226 g/mol. The first-order valence-electron chi connectivity index (χ1n) is 6.36.